The molecular weight excluding hydrogens is 576 g/mol. The Morgan fingerprint density at radius 3 is 2.70 bits per heavy atom. The van der Waals surface area contributed by atoms with Crippen LogP contribution in [0, 0.1) is 19.3 Å². The molecule has 4 heterocycles. The lowest BCUT2D eigenvalue weighted by Gasteiger charge is -2.58. The number of fused-ring (bicyclic) bond motifs is 2. The Balaban J connectivity index is 1.26. The van der Waals surface area contributed by atoms with E-state index < -0.39 is 0 Å². The Hall–Kier alpha value is -3.92. The van der Waals surface area contributed by atoms with Crippen LogP contribution in [0.15, 0.2) is 55.5 Å². The Morgan fingerprint density at radius 2 is 1.93 bits per heavy atom. The fourth-order valence-corrected chi connectivity index (χ4v) is 7.38. The molecule has 1 N–H and O–H groups in total. The van der Waals surface area contributed by atoms with Crippen LogP contribution in [0.4, 0.5) is 0 Å². The number of aromatic amines is 1. The lowest BCUT2D eigenvalue weighted by atomic mass is 9.60. The van der Waals surface area contributed by atoms with E-state index in [9.17, 15) is 4.79 Å². The minimum atomic E-state index is 0.0139. The normalized spacial score (nSPS) is 16.1. The highest BCUT2D eigenvalue weighted by Crippen LogP contribution is 2.55. The maximum absolute atomic E-state index is 12.1. The molecule has 0 radical (unpaired) electrons. The lowest BCUT2D eigenvalue weighted by Crippen LogP contribution is -2.63. The molecule has 0 unspecified atom stereocenters. The molecule has 0 bridgehead atoms. The maximum Gasteiger partial charge on any atom is 0.245 e. The number of aromatic nitrogens is 5. The number of benzene rings is 2. The zero-order valence-electron chi connectivity index (χ0n) is 25.4. The number of carbonyl (C=O) groups excluding carboxylic acids is 1. The van der Waals surface area contributed by atoms with E-state index >= 15 is 0 Å². The third kappa shape index (κ3) is 4.83. The van der Waals surface area contributed by atoms with E-state index in [1.807, 2.05) is 24.1 Å². The number of halogens is 1. The summed E-state index contributed by atoms with van der Waals surface area (Å²) in [5.74, 6) is 0.0139. The smallest absolute Gasteiger partial charge is 0.245 e. The van der Waals surface area contributed by atoms with Crippen LogP contribution < -0.4 is 0 Å². The van der Waals surface area contributed by atoms with Gasteiger partial charge in [-0.15, -0.1) is 0 Å². The summed E-state index contributed by atoms with van der Waals surface area (Å²) in [5.41, 5.74) is 7.14. The molecule has 1 saturated carbocycles. The van der Waals surface area contributed by atoms with Gasteiger partial charge in [-0.1, -0.05) is 30.3 Å². The zero-order valence-corrected chi connectivity index (χ0v) is 26.2. The predicted molar refractivity (Wildman–Crippen MR) is 173 cm³/mol. The fourth-order valence-electron chi connectivity index (χ4n) is 7.13. The number of amides is 1. The van der Waals surface area contributed by atoms with Crippen LogP contribution in [0.3, 0.4) is 0 Å². The number of rotatable bonds is 10. The third-order valence-electron chi connectivity index (χ3n) is 9.38. The van der Waals surface area contributed by atoms with Crippen molar-refractivity contribution in [2.75, 3.05) is 40.0 Å². The summed E-state index contributed by atoms with van der Waals surface area (Å²) in [6.45, 7) is 12.0. The highest BCUT2D eigenvalue weighted by atomic mass is 35.5. The number of likely N-dealkylation sites (tertiary alicyclic amines) is 1. The Kier molecular flexibility index (Phi) is 7.35. The molecule has 2 aliphatic rings. The Morgan fingerprint density at radius 1 is 1.14 bits per heavy atom. The molecule has 0 atom stereocenters. The first-order valence-electron chi connectivity index (χ1n) is 15.1. The van der Waals surface area contributed by atoms with Crippen molar-refractivity contribution in [3.05, 3.63) is 71.8 Å². The second-order valence-corrected chi connectivity index (χ2v) is 12.8. The van der Waals surface area contributed by atoms with Crippen LogP contribution in [0.2, 0.25) is 5.02 Å². The summed E-state index contributed by atoms with van der Waals surface area (Å²) in [6, 6.07) is 8.84. The standard InChI is InChI=1S/C34H37ClN6O3/c1-5-29(42)40-19-34(20-40)14-26(15-34)41-22(3)30(31-27-16-36-37-28(27)12-21(2)32(31)35)33(38-41)23-6-7-24-17-39(18-25(24)13-23)8-9-44-11-10-43-4/h5-7,12-13,16-18,26H,1,8-11,14-15,19-20H2,2-4H3,(H,36,37). The van der Waals surface area contributed by atoms with E-state index in [0.717, 1.165) is 82.4 Å². The molecule has 2 aromatic carbocycles. The van der Waals surface area contributed by atoms with Gasteiger partial charge in [0.1, 0.15) is 5.69 Å². The summed E-state index contributed by atoms with van der Waals surface area (Å²) in [5, 5.41) is 16.8. The van der Waals surface area contributed by atoms with Crippen molar-refractivity contribution in [2.45, 2.75) is 39.3 Å². The third-order valence-corrected chi connectivity index (χ3v) is 9.87. The van der Waals surface area contributed by atoms with Crippen molar-refractivity contribution < 1.29 is 14.3 Å². The number of hydrogen-bond acceptors (Lipinski definition) is 5. The highest BCUT2D eigenvalue weighted by molar-refractivity contribution is 6.36. The molecule has 1 saturated heterocycles. The van der Waals surface area contributed by atoms with Crippen LogP contribution in [0.5, 0.6) is 0 Å². The van der Waals surface area contributed by atoms with E-state index in [2.05, 4.69) is 63.5 Å². The quantitative estimate of drug-likeness (QED) is 0.147. The van der Waals surface area contributed by atoms with Gasteiger partial charge in [0.25, 0.3) is 0 Å². The molecule has 1 spiro atoms. The number of nitrogens with zero attached hydrogens (tertiary/aromatic N) is 5. The number of H-pyrrole nitrogens is 1. The number of ether oxygens (including phenoxy) is 2. The van der Waals surface area contributed by atoms with Gasteiger partial charge < -0.3 is 18.9 Å². The van der Waals surface area contributed by atoms with Crippen molar-refractivity contribution in [2.24, 2.45) is 5.41 Å². The molecule has 7 rings (SSSR count). The first kappa shape index (κ1) is 28.8. The van der Waals surface area contributed by atoms with E-state index in [-0.39, 0.29) is 17.4 Å². The largest absolute Gasteiger partial charge is 0.382 e. The van der Waals surface area contributed by atoms with Gasteiger partial charge in [0, 0.05) is 77.7 Å². The van der Waals surface area contributed by atoms with Crippen LogP contribution in [0.1, 0.15) is 30.1 Å². The molecule has 1 aliphatic heterocycles. The molecular formula is C34H37ClN6O3. The SMILES string of the molecule is C=CC(=O)N1CC2(CC(n3nc(-c4ccc5cn(CCOCCOC)cc5c4)c(-c4c(Cl)c(C)cc5[nH]ncc45)c3C)C2)C1. The number of aryl methyl sites for hydroxylation is 1. The van der Waals surface area contributed by atoms with Gasteiger partial charge in [-0.05, 0) is 55.8 Å². The zero-order chi connectivity index (χ0) is 30.6. The lowest BCUT2D eigenvalue weighted by molar-refractivity contribution is -0.149. The summed E-state index contributed by atoms with van der Waals surface area (Å²) < 4.78 is 15.1. The first-order chi connectivity index (χ1) is 21.3. The second-order valence-electron chi connectivity index (χ2n) is 12.4. The van der Waals surface area contributed by atoms with Crippen LogP contribution in [0.25, 0.3) is 44.1 Å². The van der Waals surface area contributed by atoms with E-state index in [0.29, 0.717) is 24.8 Å². The summed E-state index contributed by atoms with van der Waals surface area (Å²) in [7, 11) is 1.68. The van der Waals surface area contributed by atoms with Gasteiger partial charge in [0.15, 0.2) is 0 Å². The van der Waals surface area contributed by atoms with Gasteiger partial charge in [0.05, 0.1) is 42.6 Å². The summed E-state index contributed by atoms with van der Waals surface area (Å²) in [4.78, 5) is 14.0. The van der Waals surface area contributed by atoms with Crippen molar-refractivity contribution in [3.8, 4) is 22.4 Å². The number of carbonyl (C=O) groups is 1. The van der Waals surface area contributed by atoms with E-state index in [1.54, 1.807) is 7.11 Å². The second kappa shape index (κ2) is 11.2. The van der Waals surface area contributed by atoms with Gasteiger partial charge in [-0.25, -0.2) is 0 Å². The molecule has 44 heavy (non-hydrogen) atoms. The maximum atomic E-state index is 12.1. The average Bonchev–Trinajstić information content (AvgIpc) is 3.69. The first-order valence-corrected chi connectivity index (χ1v) is 15.5. The highest BCUT2D eigenvalue weighted by Gasteiger charge is 2.54. The van der Waals surface area contributed by atoms with Gasteiger partial charge in [-0.2, -0.15) is 10.2 Å². The summed E-state index contributed by atoms with van der Waals surface area (Å²) in [6.07, 6.45) is 9.57. The van der Waals surface area contributed by atoms with Crippen LogP contribution in [-0.4, -0.2) is 75.4 Å². The fraction of sp³-hybridized carbons (Fsp3) is 0.382. The van der Waals surface area contributed by atoms with Crippen LogP contribution in [-0.2, 0) is 20.8 Å². The topological polar surface area (TPSA) is 90.2 Å². The summed E-state index contributed by atoms with van der Waals surface area (Å²) >= 11 is 7.10. The van der Waals surface area contributed by atoms with E-state index in [1.165, 1.54) is 11.5 Å². The van der Waals surface area contributed by atoms with Crippen molar-refractivity contribution >= 4 is 39.2 Å². The molecule has 228 valence electrons. The van der Waals surface area contributed by atoms with Gasteiger partial charge >= 0.3 is 0 Å². The van der Waals surface area contributed by atoms with E-state index in [4.69, 9.17) is 26.2 Å². The molecule has 9 nitrogen and oxygen atoms in total. The molecule has 10 heteroatoms. The minimum Gasteiger partial charge on any atom is -0.382 e. The van der Waals surface area contributed by atoms with Crippen LogP contribution >= 0.6 is 11.6 Å². The molecule has 5 aromatic rings. The van der Waals surface area contributed by atoms with Crippen molar-refractivity contribution in [3.63, 3.8) is 0 Å². The average molecular weight is 613 g/mol. The molecule has 2 fully saturated rings. The predicted octanol–water partition coefficient (Wildman–Crippen LogP) is 6.33. The van der Waals surface area contributed by atoms with Gasteiger partial charge in [-0.3, -0.25) is 14.6 Å². The number of nitrogens with one attached hydrogen (secondary N) is 1. The Labute approximate surface area is 261 Å². The van der Waals surface area contributed by atoms with Crippen molar-refractivity contribution in [1.82, 2.24) is 29.4 Å². The molecule has 1 aliphatic carbocycles. The molecule has 3 aromatic heterocycles. The minimum absolute atomic E-state index is 0.0139. The Bertz CT molecular complexity index is 1890. The van der Waals surface area contributed by atoms with Crippen molar-refractivity contribution in [1.29, 1.82) is 0 Å². The monoisotopic (exact) mass is 612 g/mol. The van der Waals surface area contributed by atoms with Gasteiger partial charge in [0.2, 0.25) is 5.91 Å². The number of methoxy groups -OCH3 is 1. The molecule has 1 amide bonds. The number of hydrogen-bond donors (Lipinski definition) is 1.